The van der Waals surface area contributed by atoms with Gasteiger partial charge in [0.25, 0.3) is 0 Å². The second kappa shape index (κ2) is 5.54. The normalized spacial score (nSPS) is 11.2. The van der Waals surface area contributed by atoms with Crippen molar-refractivity contribution in [2.24, 2.45) is 21.6 Å². The largest absolute Gasteiger partial charge is 0.370 e. The van der Waals surface area contributed by atoms with Gasteiger partial charge in [0.05, 0.1) is 16.3 Å². The Kier molecular flexibility index (Phi) is 3.93. The summed E-state index contributed by atoms with van der Waals surface area (Å²) < 4.78 is 22.4. The highest BCUT2D eigenvalue weighted by Gasteiger charge is 2.16. The second-order valence-electron chi connectivity index (χ2n) is 4.30. The lowest BCUT2D eigenvalue weighted by Gasteiger charge is -2.01. The molecule has 0 spiro atoms. The van der Waals surface area contributed by atoms with Crippen LogP contribution in [0.5, 0.6) is 0 Å². The number of amides is 1. The highest BCUT2D eigenvalue weighted by atomic mass is 32.2. The van der Waals surface area contributed by atoms with Crippen LogP contribution in [0.3, 0.4) is 0 Å². The van der Waals surface area contributed by atoms with Crippen molar-refractivity contribution in [1.29, 1.82) is 0 Å². The van der Waals surface area contributed by atoms with E-state index >= 15 is 0 Å². The fourth-order valence-corrected chi connectivity index (χ4v) is 2.15. The first-order valence-corrected chi connectivity index (χ1v) is 7.44. The molecule has 22 heavy (non-hydrogen) atoms. The van der Waals surface area contributed by atoms with E-state index in [2.05, 4.69) is 15.2 Å². The van der Waals surface area contributed by atoms with Gasteiger partial charge in [-0.05, 0) is 31.2 Å². The molecule has 2 aromatic rings. The summed E-state index contributed by atoms with van der Waals surface area (Å²) in [7, 11) is -3.78. The summed E-state index contributed by atoms with van der Waals surface area (Å²) in [6.45, 7) is 1.57. The second-order valence-corrected chi connectivity index (χ2v) is 5.87. The molecule has 0 saturated carbocycles. The van der Waals surface area contributed by atoms with Gasteiger partial charge in [0, 0.05) is 0 Å². The van der Waals surface area contributed by atoms with E-state index in [1.54, 1.807) is 6.92 Å². The monoisotopic (exact) mass is 323 g/mol. The zero-order chi connectivity index (χ0) is 16.5. The minimum absolute atomic E-state index is 0.0103. The first kappa shape index (κ1) is 15.6. The van der Waals surface area contributed by atoms with E-state index < -0.39 is 15.9 Å². The van der Waals surface area contributed by atoms with Crippen LogP contribution in [0.25, 0.3) is 5.69 Å². The number of aromatic nitrogens is 3. The van der Waals surface area contributed by atoms with E-state index in [-0.39, 0.29) is 16.5 Å². The van der Waals surface area contributed by atoms with Gasteiger partial charge in [-0.2, -0.15) is 14.9 Å². The first-order valence-electron chi connectivity index (χ1n) is 5.89. The fourth-order valence-electron chi connectivity index (χ4n) is 1.63. The van der Waals surface area contributed by atoms with Crippen molar-refractivity contribution in [3.63, 3.8) is 0 Å². The third kappa shape index (κ3) is 3.27. The summed E-state index contributed by atoms with van der Waals surface area (Å²) in [5.41, 5.74) is 11.0. The zero-order valence-corrected chi connectivity index (χ0v) is 12.3. The fraction of sp³-hybridized carbons (Fsp3) is 0.0909. The summed E-state index contributed by atoms with van der Waals surface area (Å²) >= 11 is 0. The van der Waals surface area contributed by atoms with Crippen LogP contribution in [0, 0.1) is 6.92 Å². The van der Waals surface area contributed by atoms with Crippen molar-refractivity contribution in [2.45, 2.75) is 11.8 Å². The molecule has 6 N–H and O–H groups in total. The number of aliphatic imine (C=N–C) groups is 1. The van der Waals surface area contributed by atoms with E-state index in [4.69, 9.17) is 16.6 Å². The van der Waals surface area contributed by atoms with E-state index in [0.717, 1.165) is 4.80 Å². The summed E-state index contributed by atoms with van der Waals surface area (Å²) in [5.74, 6) is -1.10. The van der Waals surface area contributed by atoms with E-state index in [9.17, 15) is 13.2 Å². The number of hydrogen-bond donors (Lipinski definition) is 3. The number of aryl methyl sites for hydroxylation is 1. The first-order chi connectivity index (χ1) is 10.2. The van der Waals surface area contributed by atoms with Crippen LogP contribution in [0.2, 0.25) is 0 Å². The van der Waals surface area contributed by atoms with Gasteiger partial charge in [-0.15, -0.1) is 5.10 Å². The molecule has 1 amide bonds. The predicted octanol–water partition coefficient (Wildman–Crippen LogP) is -1.36. The molecule has 0 saturated heterocycles. The third-order valence-corrected chi connectivity index (χ3v) is 3.54. The van der Waals surface area contributed by atoms with Gasteiger partial charge < -0.3 is 11.5 Å². The molecule has 10 nitrogen and oxygen atoms in total. The molecule has 0 aliphatic carbocycles. The molecule has 1 heterocycles. The van der Waals surface area contributed by atoms with E-state index in [1.165, 1.54) is 24.3 Å². The van der Waals surface area contributed by atoms with Crippen LogP contribution < -0.4 is 16.6 Å². The minimum atomic E-state index is -3.78. The van der Waals surface area contributed by atoms with Crippen molar-refractivity contribution in [3.05, 3.63) is 35.7 Å². The minimum Gasteiger partial charge on any atom is -0.370 e. The Hall–Kier alpha value is -2.79. The Balaban J connectivity index is 2.39. The van der Waals surface area contributed by atoms with Gasteiger partial charge in [-0.3, -0.25) is 4.79 Å². The summed E-state index contributed by atoms with van der Waals surface area (Å²) in [4.78, 5) is 16.3. The predicted molar refractivity (Wildman–Crippen MR) is 77.6 cm³/mol. The molecule has 0 fully saturated rings. The average Bonchev–Trinajstić information content (AvgIpc) is 2.79. The van der Waals surface area contributed by atoms with Crippen LogP contribution >= 0.6 is 0 Å². The Labute approximate surface area is 125 Å². The molecular weight excluding hydrogens is 310 g/mol. The number of carbonyl (C=O) groups excluding carboxylic acids is 1. The molecule has 0 bridgehead atoms. The standard InChI is InChI=1S/C11H13N7O3S/c1-6-9(10(19)15-11(12)13)17-18(16-6)7-2-4-8(5-3-7)22(14,20)21/h2-5H,1H3,(H2,14,20,21)(H4,12,13,15,19). The average molecular weight is 323 g/mol. The van der Waals surface area contributed by atoms with Gasteiger partial charge >= 0.3 is 5.91 Å². The van der Waals surface area contributed by atoms with Gasteiger partial charge in [-0.1, -0.05) is 0 Å². The topological polar surface area (TPSA) is 172 Å². The molecule has 0 atom stereocenters. The lowest BCUT2D eigenvalue weighted by molar-refractivity contribution is 0.0997. The Morgan fingerprint density at radius 3 is 2.27 bits per heavy atom. The zero-order valence-electron chi connectivity index (χ0n) is 11.5. The highest BCUT2D eigenvalue weighted by Crippen LogP contribution is 2.13. The number of primary sulfonamides is 1. The number of nitrogens with two attached hydrogens (primary N) is 3. The third-order valence-electron chi connectivity index (χ3n) is 2.61. The number of rotatable bonds is 3. The van der Waals surface area contributed by atoms with E-state index in [1.807, 2.05) is 0 Å². The lowest BCUT2D eigenvalue weighted by atomic mass is 10.3. The Morgan fingerprint density at radius 1 is 1.18 bits per heavy atom. The van der Waals surface area contributed by atoms with Gasteiger partial charge in [0.2, 0.25) is 10.0 Å². The van der Waals surface area contributed by atoms with E-state index in [0.29, 0.717) is 11.4 Å². The van der Waals surface area contributed by atoms with Gasteiger partial charge in [0.15, 0.2) is 11.7 Å². The molecule has 1 aromatic carbocycles. The molecule has 0 aliphatic rings. The maximum absolute atomic E-state index is 11.7. The Bertz CT molecular complexity index is 848. The molecule has 1 aromatic heterocycles. The molecule has 0 radical (unpaired) electrons. The van der Waals surface area contributed by atoms with Crippen LogP contribution in [-0.4, -0.2) is 35.3 Å². The smallest absolute Gasteiger partial charge is 0.302 e. The molecule has 2 rings (SSSR count). The molecule has 11 heteroatoms. The van der Waals surface area contributed by atoms with Crippen LogP contribution in [0.1, 0.15) is 16.2 Å². The van der Waals surface area contributed by atoms with Crippen LogP contribution in [0.15, 0.2) is 34.2 Å². The van der Waals surface area contributed by atoms with Crippen molar-refractivity contribution >= 4 is 21.9 Å². The maximum atomic E-state index is 11.7. The lowest BCUT2D eigenvalue weighted by Crippen LogP contribution is -2.24. The number of benzene rings is 1. The summed E-state index contributed by atoms with van der Waals surface area (Å²) in [6, 6.07) is 5.52. The Morgan fingerprint density at radius 2 is 1.77 bits per heavy atom. The van der Waals surface area contributed by atoms with Crippen molar-refractivity contribution in [3.8, 4) is 5.69 Å². The summed E-state index contributed by atoms with van der Waals surface area (Å²) in [5, 5.41) is 13.0. The van der Waals surface area contributed by atoms with Crippen LogP contribution in [0.4, 0.5) is 0 Å². The van der Waals surface area contributed by atoms with Crippen molar-refractivity contribution in [2.75, 3.05) is 0 Å². The molecule has 116 valence electrons. The molecular formula is C11H13N7O3S. The number of guanidine groups is 1. The summed E-state index contributed by atoms with van der Waals surface area (Å²) in [6.07, 6.45) is 0. The molecule has 0 aliphatic heterocycles. The van der Waals surface area contributed by atoms with Gasteiger partial charge in [-0.25, -0.2) is 13.6 Å². The van der Waals surface area contributed by atoms with Gasteiger partial charge in [0.1, 0.15) is 0 Å². The number of nitrogens with zero attached hydrogens (tertiary/aromatic N) is 4. The number of hydrogen-bond acceptors (Lipinski definition) is 5. The van der Waals surface area contributed by atoms with Crippen LogP contribution in [-0.2, 0) is 10.0 Å². The highest BCUT2D eigenvalue weighted by molar-refractivity contribution is 7.89. The number of carbonyl (C=O) groups is 1. The van der Waals surface area contributed by atoms with Crippen molar-refractivity contribution in [1.82, 2.24) is 15.0 Å². The quantitative estimate of drug-likeness (QED) is 0.462. The SMILES string of the molecule is Cc1nn(-c2ccc(S(N)(=O)=O)cc2)nc1C(=O)N=C(N)N. The van der Waals surface area contributed by atoms with Crippen molar-refractivity contribution < 1.29 is 13.2 Å². The molecule has 0 unspecified atom stereocenters. The number of sulfonamides is 1. The maximum Gasteiger partial charge on any atom is 0.302 e.